The van der Waals surface area contributed by atoms with E-state index in [1.807, 2.05) is 19.3 Å². The Labute approximate surface area is 112 Å². The van der Waals surface area contributed by atoms with Gasteiger partial charge in [0.1, 0.15) is 5.82 Å². The minimum absolute atomic E-state index is 0.321. The molecule has 1 rings (SSSR count). The Kier molecular flexibility index (Phi) is 5.60. The normalized spacial score (nSPS) is 13.1. The maximum Gasteiger partial charge on any atom is 0.133 e. The van der Waals surface area contributed by atoms with Crippen LogP contribution in [0.3, 0.4) is 0 Å². The first kappa shape index (κ1) is 15.0. The Bertz CT molecular complexity index is 361. The predicted octanol–water partition coefficient (Wildman–Crippen LogP) is 3.23. The van der Waals surface area contributed by atoms with Crippen molar-refractivity contribution in [3.8, 4) is 0 Å². The second kappa shape index (κ2) is 6.74. The van der Waals surface area contributed by atoms with E-state index in [0.717, 1.165) is 12.4 Å². The molecule has 0 aromatic carbocycles. The third-order valence-corrected chi connectivity index (χ3v) is 3.17. The first-order valence-electron chi connectivity index (χ1n) is 6.86. The molecule has 3 heteroatoms. The van der Waals surface area contributed by atoms with Crippen LogP contribution in [0.2, 0.25) is 0 Å². The highest BCUT2D eigenvalue weighted by molar-refractivity contribution is 5.49. The lowest BCUT2D eigenvalue weighted by Gasteiger charge is -2.32. The topological polar surface area (TPSA) is 28.2 Å². The predicted molar refractivity (Wildman–Crippen MR) is 79.0 cm³/mol. The van der Waals surface area contributed by atoms with Gasteiger partial charge in [0.05, 0.1) is 0 Å². The van der Waals surface area contributed by atoms with Crippen molar-refractivity contribution < 1.29 is 0 Å². The molecule has 0 saturated carbocycles. The number of nitrogens with zero attached hydrogens (tertiary/aromatic N) is 2. The number of nitrogens with one attached hydrogen (secondary N) is 1. The maximum absolute atomic E-state index is 4.61. The standard InChI is InChI=1S/C15H27N3/c1-11(2)10-18(12(3)4)15-14(13(5)16-6)8-7-9-17-15/h7-9,11-13,16H,10H2,1-6H3. The summed E-state index contributed by atoms with van der Waals surface area (Å²) in [6, 6.07) is 4.96. The van der Waals surface area contributed by atoms with E-state index >= 15 is 0 Å². The van der Waals surface area contributed by atoms with Crippen molar-refractivity contribution in [1.82, 2.24) is 10.3 Å². The minimum atomic E-state index is 0.321. The molecule has 0 spiro atoms. The molecule has 0 fully saturated rings. The van der Waals surface area contributed by atoms with E-state index < -0.39 is 0 Å². The van der Waals surface area contributed by atoms with Crippen LogP contribution >= 0.6 is 0 Å². The molecule has 0 aliphatic carbocycles. The van der Waals surface area contributed by atoms with Gasteiger partial charge in [-0.15, -0.1) is 0 Å². The molecule has 18 heavy (non-hydrogen) atoms. The number of aromatic nitrogens is 1. The van der Waals surface area contributed by atoms with Gasteiger partial charge in [-0.25, -0.2) is 4.98 Å². The summed E-state index contributed by atoms with van der Waals surface area (Å²) in [4.78, 5) is 7.00. The Hall–Kier alpha value is -1.09. The van der Waals surface area contributed by atoms with Crippen LogP contribution in [-0.2, 0) is 0 Å². The SMILES string of the molecule is CNC(C)c1cccnc1N(CC(C)C)C(C)C. The van der Waals surface area contributed by atoms with E-state index in [4.69, 9.17) is 0 Å². The van der Waals surface area contributed by atoms with E-state index in [2.05, 4.69) is 55.9 Å². The van der Waals surface area contributed by atoms with E-state index in [-0.39, 0.29) is 0 Å². The Morgan fingerprint density at radius 2 is 1.89 bits per heavy atom. The van der Waals surface area contributed by atoms with Gasteiger partial charge < -0.3 is 10.2 Å². The number of rotatable bonds is 6. The molecule has 0 radical (unpaired) electrons. The summed E-state index contributed by atoms with van der Waals surface area (Å²) in [5.74, 6) is 1.75. The molecule has 0 aliphatic rings. The average Bonchev–Trinajstić information content (AvgIpc) is 2.34. The average molecular weight is 249 g/mol. The second-order valence-electron chi connectivity index (χ2n) is 5.57. The lowest BCUT2D eigenvalue weighted by Crippen LogP contribution is -2.36. The molecule has 3 nitrogen and oxygen atoms in total. The molecule has 1 N–H and O–H groups in total. The zero-order valence-electron chi connectivity index (χ0n) is 12.6. The van der Waals surface area contributed by atoms with Crippen LogP contribution in [0.1, 0.15) is 46.2 Å². The van der Waals surface area contributed by atoms with Gasteiger partial charge in [-0.3, -0.25) is 0 Å². The molecular formula is C15H27N3. The Morgan fingerprint density at radius 1 is 1.22 bits per heavy atom. The van der Waals surface area contributed by atoms with E-state index in [0.29, 0.717) is 18.0 Å². The van der Waals surface area contributed by atoms with Gasteiger partial charge in [0.15, 0.2) is 0 Å². The molecule has 1 aromatic heterocycles. The molecule has 102 valence electrons. The van der Waals surface area contributed by atoms with Crippen molar-refractivity contribution in [2.45, 2.75) is 46.7 Å². The third-order valence-electron chi connectivity index (χ3n) is 3.17. The van der Waals surface area contributed by atoms with Crippen LogP contribution in [0, 0.1) is 5.92 Å². The van der Waals surface area contributed by atoms with Gasteiger partial charge in [0.25, 0.3) is 0 Å². The highest BCUT2D eigenvalue weighted by Gasteiger charge is 2.19. The molecule has 0 aliphatic heterocycles. The quantitative estimate of drug-likeness (QED) is 0.839. The molecule has 1 aromatic rings. The van der Waals surface area contributed by atoms with E-state index in [1.165, 1.54) is 5.56 Å². The fourth-order valence-electron chi connectivity index (χ4n) is 2.08. The van der Waals surface area contributed by atoms with Gasteiger partial charge in [-0.2, -0.15) is 0 Å². The van der Waals surface area contributed by atoms with Gasteiger partial charge in [0.2, 0.25) is 0 Å². The molecule has 0 bridgehead atoms. The first-order valence-corrected chi connectivity index (χ1v) is 6.86. The van der Waals surface area contributed by atoms with Crippen LogP contribution < -0.4 is 10.2 Å². The molecule has 0 saturated heterocycles. The highest BCUT2D eigenvalue weighted by Crippen LogP contribution is 2.25. The van der Waals surface area contributed by atoms with Crippen molar-refractivity contribution in [3.05, 3.63) is 23.9 Å². The van der Waals surface area contributed by atoms with Crippen LogP contribution in [0.4, 0.5) is 5.82 Å². The van der Waals surface area contributed by atoms with Crippen molar-refractivity contribution >= 4 is 5.82 Å². The van der Waals surface area contributed by atoms with Gasteiger partial charge >= 0.3 is 0 Å². The summed E-state index contributed by atoms with van der Waals surface area (Å²) in [5.41, 5.74) is 1.27. The summed E-state index contributed by atoms with van der Waals surface area (Å²) < 4.78 is 0. The lowest BCUT2D eigenvalue weighted by molar-refractivity contribution is 0.557. The summed E-state index contributed by atoms with van der Waals surface area (Å²) >= 11 is 0. The monoisotopic (exact) mass is 249 g/mol. The van der Waals surface area contributed by atoms with Crippen molar-refractivity contribution in [1.29, 1.82) is 0 Å². The van der Waals surface area contributed by atoms with E-state index in [1.54, 1.807) is 0 Å². The summed E-state index contributed by atoms with van der Waals surface area (Å²) in [6.07, 6.45) is 1.89. The second-order valence-corrected chi connectivity index (χ2v) is 5.57. The third kappa shape index (κ3) is 3.70. The minimum Gasteiger partial charge on any atom is -0.354 e. The fourth-order valence-corrected chi connectivity index (χ4v) is 2.08. The van der Waals surface area contributed by atoms with Crippen LogP contribution in [0.15, 0.2) is 18.3 Å². The molecule has 1 atom stereocenters. The van der Waals surface area contributed by atoms with Crippen molar-refractivity contribution in [2.24, 2.45) is 5.92 Å². The van der Waals surface area contributed by atoms with E-state index in [9.17, 15) is 0 Å². The Balaban J connectivity index is 3.11. The van der Waals surface area contributed by atoms with Crippen LogP contribution in [0.5, 0.6) is 0 Å². The molecular weight excluding hydrogens is 222 g/mol. The summed E-state index contributed by atoms with van der Waals surface area (Å²) in [5, 5.41) is 3.30. The fraction of sp³-hybridized carbons (Fsp3) is 0.667. The zero-order valence-corrected chi connectivity index (χ0v) is 12.6. The lowest BCUT2D eigenvalue weighted by atomic mass is 10.1. The largest absolute Gasteiger partial charge is 0.354 e. The van der Waals surface area contributed by atoms with Crippen LogP contribution in [-0.4, -0.2) is 24.6 Å². The summed E-state index contributed by atoms with van der Waals surface area (Å²) in [6.45, 7) is 12.2. The highest BCUT2D eigenvalue weighted by atomic mass is 15.2. The van der Waals surface area contributed by atoms with Gasteiger partial charge in [-0.05, 0) is 39.8 Å². The maximum atomic E-state index is 4.61. The van der Waals surface area contributed by atoms with Crippen LogP contribution in [0.25, 0.3) is 0 Å². The number of hydrogen-bond donors (Lipinski definition) is 1. The Morgan fingerprint density at radius 3 is 2.39 bits per heavy atom. The summed E-state index contributed by atoms with van der Waals surface area (Å²) in [7, 11) is 1.99. The van der Waals surface area contributed by atoms with Gasteiger partial charge in [-0.1, -0.05) is 19.9 Å². The first-order chi connectivity index (χ1) is 8.47. The molecule has 0 amide bonds. The molecule has 1 heterocycles. The number of hydrogen-bond acceptors (Lipinski definition) is 3. The zero-order chi connectivity index (χ0) is 13.7. The molecule has 1 unspecified atom stereocenters. The van der Waals surface area contributed by atoms with Gasteiger partial charge in [0, 0.05) is 30.4 Å². The number of pyridine rings is 1. The van der Waals surface area contributed by atoms with Crippen molar-refractivity contribution in [2.75, 3.05) is 18.5 Å². The smallest absolute Gasteiger partial charge is 0.133 e. The number of anilines is 1. The van der Waals surface area contributed by atoms with Crippen molar-refractivity contribution in [3.63, 3.8) is 0 Å².